The first kappa shape index (κ1) is 8.56. The molecule has 1 atom stereocenters. The van der Waals surface area contributed by atoms with E-state index in [1.54, 1.807) is 0 Å². The van der Waals surface area contributed by atoms with Gasteiger partial charge in [0.25, 0.3) is 0 Å². The topological polar surface area (TPSA) is 47.1 Å². The number of rotatable bonds is 1. The van der Waals surface area contributed by atoms with Gasteiger partial charge < -0.3 is 5.73 Å². The Morgan fingerprint density at radius 1 is 1.54 bits per heavy atom. The molecule has 1 aromatic heterocycles. The van der Waals surface area contributed by atoms with Crippen molar-refractivity contribution in [2.24, 2.45) is 7.05 Å². The van der Waals surface area contributed by atoms with Crippen LogP contribution in [-0.4, -0.2) is 21.7 Å². The molecule has 0 radical (unpaired) electrons. The molecule has 0 saturated carbocycles. The number of nitrogen functional groups attached to an aromatic ring is 1. The molecule has 72 valence electrons. The first-order valence-corrected chi connectivity index (χ1v) is 4.66. The van der Waals surface area contributed by atoms with E-state index in [0.29, 0.717) is 11.9 Å². The van der Waals surface area contributed by atoms with Gasteiger partial charge in [-0.05, 0) is 13.5 Å². The molecule has 0 saturated heterocycles. The second-order valence-corrected chi connectivity index (χ2v) is 3.71. The van der Waals surface area contributed by atoms with Crippen molar-refractivity contribution in [3.05, 3.63) is 11.3 Å². The first-order chi connectivity index (χ1) is 6.15. The number of hydrogen-bond acceptors (Lipinski definition) is 3. The van der Waals surface area contributed by atoms with Gasteiger partial charge in [-0.3, -0.25) is 9.58 Å². The normalized spacial score (nSPS) is 22.2. The van der Waals surface area contributed by atoms with E-state index in [0.717, 1.165) is 13.0 Å². The maximum absolute atomic E-state index is 5.81. The summed E-state index contributed by atoms with van der Waals surface area (Å²) in [5, 5.41) is 4.23. The Kier molecular flexibility index (Phi) is 1.80. The Hall–Kier alpha value is -1.03. The standard InChI is InChI=1S/C9H16N4/c1-4-7-8-6(5-12(7)2)9(10)11-13(8)3/h7H,4-5H2,1-3H3,(H2,10,11). The zero-order valence-electron chi connectivity index (χ0n) is 8.41. The number of anilines is 1. The fourth-order valence-electron chi connectivity index (χ4n) is 2.25. The molecule has 0 amide bonds. The van der Waals surface area contributed by atoms with Crippen LogP contribution in [0.2, 0.25) is 0 Å². The van der Waals surface area contributed by atoms with Gasteiger partial charge in [-0.2, -0.15) is 5.10 Å². The van der Waals surface area contributed by atoms with E-state index in [1.165, 1.54) is 11.3 Å². The summed E-state index contributed by atoms with van der Waals surface area (Å²) in [5.74, 6) is 0.695. The van der Waals surface area contributed by atoms with E-state index in [9.17, 15) is 0 Å². The lowest BCUT2D eigenvalue weighted by molar-refractivity contribution is 0.253. The lowest BCUT2D eigenvalue weighted by Gasteiger charge is -2.18. The highest BCUT2D eigenvalue weighted by Gasteiger charge is 2.31. The molecule has 1 unspecified atom stereocenters. The Balaban J connectivity index is 2.50. The highest BCUT2D eigenvalue weighted by molar-refractivity contribution is 5.46. The average Bonchev–Trinajstić information content (AvgIpc) is 2.52. The van der Waals surface area contributed by atoms with Crippen LogP contribution in [0.1, 0.15) is 30.6 Å². The summed E-state index contributed by atoms with van der Waals surface area (Å²) < 4.78 is 1.92. The summed E-state index contributed by atoms with van der Waals surface area (Å²) in [7, 11) is 4.10. The van der Waals surface area contributed by atoms with E-state index in [4.69, 9.17) is 5.73 Å². The minimum Gasteiger partial charge on any atom is -0.382 e. The van der Waals surface area contributed by atoms with Crippen molar-refractivity contribution in [1.29, 1.82) is 0 Å². The largest absolute Gasteiger partial charge is 0.382 e. The molecule has 0 aromatic carbocycles. The van der Waals surface area contributed by atoms with Gasteiger partial charge in [0, 0.05) is 19.2 Å². The Morgan fingerprint density at radius 3 is 2.85 bits per heavy atom. The molecule has 4 heteroatoms. The molecule has 0 spiro atoms. The van der Waals surface area contributed by atoms with Crippen LogP contribution in [0.15, 0.2) is 0 Å². The number of aromatic nitrogens is 2. The smallest absolute Gasteiger partial charge is 0.150 e. The molecule has 0 aliphatic carbocycles. The molecule has 2 heterocycles. The zero-order chi connectivity index (χ0) is 9.59. The zero-order valence-corrected chi connectivity index (χ0v) is 8.41. The van der Waals surface area contributed by atoms with Crippen molar-refractivity contribution in [1.82, 2.24) is 14.7 Å². The van der Waals surface area contributed by atoms with Gasteiger partial charge in [-0.15, -0.1) is 0 Å². The third kappa shape index (κ3) is 1.05. The quantitative estimate of drug-likeness (QED) is 0.698. The van der Waals surface area contributed by atoms with Crippen LogP contribution in [0.3, 0.4) is 0 Å². The van der Waals surface area contributed by atoms with Crippen molar-refractivity contribution in [2.75, 3.05) is 12.8 Å². The van der Waals surface area contributed by atoms with Gasteiger partial charge in [0.05, 0.1) is 11.7 Å². The van der Waals surface area contributed by atoms with Crippen LogP contribution in [0.4, 0.5) is 5.82 Å². The van der Waals surface area contributed by atoms with Gasteiger partial charge in [-0.25, -0.2) is 0 Å². The van der Waals surface area contributed by atoms with Crippen molar-refractivity contribution in [2.45, 2.75) is 25.9 Å². The van der Waals surface area contributed by atoms with Crippen LogP contribution < -0.4 is 5.73 Å². The molecule has 4 nitrogen and oxygen atoms in total. The molecule has 1 aliphatic rings. The average molecular weight is 180 g/mol. The van der Waals surface area contributed by atoms with Gasteiger partial charge in [0.2, 0.25) is 0 Å². The highest BCUT2D eigenvalue weighted by Crippen LogP contribution is 2.36. The lowest BCUT2D eigenvalue weighted by atomic mass is 10.1. The van der Waals surface area contributed by atoms with Crippen LogP contribution in [0.5, 0.6) is 0 Å². The Morgan fingerprint density at radius 2 is 2.23 bits per heavy atom. The summed E-state index contributed by atoms with van der Waals surface area (Å²) in [6.07, 6.45) is 1.11. The minimum atomic E-state index is 0.491. The molecule has 1 aromatic rings. The number of fused-ring (bicyclic) bond motifs is 1. The summed E-state index contributed by atoms with van der Waals surface area (Å²) in [6, 6.07) is 0.491. The van der Waals surface area contributed by atoms with Crippen molar-refractivity contribution >= 4 is 5.82 Å². The van der Waals surface area contributed by atoms with Crippen LogP contribution in [0.25, 0.3) is 0 Å². The summed E-state index contributed by atoms with van der Waals surface area (Å²) in [4.78, 5) is 2.32. The fraction of sp³-hybridized carbons (Fsp3) is 0.667. The van der Waals surface area contributed by atoms with Gasteiger partial charge in [-0.1, -0.05) is 6.92 Å². The predicted octanol–water partition coefficient (Wildman–Crippen LogP) is 0.899. The van der Waals surface area contributed by atoms with E-state index in [-0.39, 0.29) is 0 Å². The van der Waals surface area contributed by atoms with Crippen LogP contribution >= 0.6 is 0 Å². The molecule has 13 heavy (non-hydrogen) atoms. The highest BCUT2D eigenvalue weighted by atomic mass is 15.3. The monoisotopic (exact) mass is 180 g/mol. The molecule has 2 N–H and O–H groups in total. The summed E-state index contributed by atoms with van der Waals surface area (Å²) in [6.45, 7) is 3.13. The Labute approximate surface area is 78.3 Å². The van der Waals surface area contributed by atoms with Gasteiger partial charge in [0.15, 0.2) is 0 Å². The van der Waals surface area contributed by atoms with Crippen molar-refractivity contribution in [3.63, 3.8) is 0 Å². The predicted molar refractivity (Wildman–Crippen MR) is 52.1 cm³/mol. The van der Waals surface area contributed by atoms with Gasteiger partial charge >= 0.3 is 0 Å². The molecule has 2 rings (SSSR count). The van der Waals surface area contributed by atoms with E-state index < -0.39 is 0 Å². The van der Waals surface area contributed by atoms with Crippen LogP contribution in [-0.2, 0) is 13.6 Å². The number of hydrogen-bond donors (Lipinski definition) is 1. The van der Waals surface area contributed by atoms with Crippen molar-refractivity contribution < 1.29 is 0 Å². The lowest BCUT2D eigenvalue weighted by Crippen LogP contribution is -2.18. The van der Waals surface area contributed by atoms with E-state index >= 15 is 0 Å². The first-order valence-electron chi connectivity index (χ1n) is 4.66. The van der Waals surface area contributed by atoms with Crippen molar-refractivity contribution in [3.8, 4) is 0 Å². The molecular formula is C9H16N4. The van der Waals surface area contributed by atoms with Crippen LogP contribution in [0, 0.1) is 0 Å². The third-order valence-electron chi connectivity index (χ3n) is 2.87. The minimum absolute atomic E-state index is 0.491. The number of aryl methyl sites for hydroxylation is 1. The van der Waals surface area contributed by atoms with E-state index in [2.05, 4.69) is 24.0 Å². The Bertz CT molecular complexity index is 329. The maximum Gasteiger partial charge on any atom is 0.150 e. The summed E-state index contributed by atoms with van der Waals surface area (Å²) in [5.41, 5.74) is 8.33. The third-order valence-corrected chi connectivity index (χ3v) is 2.87. The molecule has 1 aliphatic heterocycles. The maximum atomic E-state index is 5.81. The SMILES string of the molecule is CCC1c2c(c(N)nn2C)CN1C. The number of nitrogens with two attached hydrogens (primary N) is 1. The summed E-state index contributed by atoms with van der Waals surface area (Å²) >= 11 is 0. The molecule has 0 bridgehead atoms. The molecular weight excluding hydrogens is 164 g/mol. The molecule has 0 fully saturated rings. The number of nitrogens with zero attached hydrogens (tertiary/aromatic N) is 3. The second-order valence-electron chi connectivity index (χ2n) is 3.71. The fourth-order valence-corrected chi connectivity index (χ4v) is 2.25. The van der Waals surface area contributed by atoms with Gasteiger partial charge in [0.1, 0.15) is 5.82 Å². The second kappa shape index (κ2) is 2.73. The van der Waals surface area contributed by atoms with E-state index in [1.807, 2.05) is 11.7 Å².